The molecular weight excluding hydrogens is 483 g/mol. The first kappa shape index (κ1) is 22.2. The van der Waals surface area contributed by atoms with E-state index in [1.807, 2.05) is 24.3 Å². The number of benzene rings is 3. The van der Waals surface area contributed by atoms with E-state index in [2.05, 4.69) is 26.0 Å². The van der Waals surface area contributed by atoms with Crippen LogP contribution in [0.5, 0.6) is 5.75 Å². The van der Waals surface area contributed by atoms with Gasteiger partial charge in [-0.3, -0.25) is 4.79 Å². The van der Waals surface area contributed by atoms with E-state index in [1.54, 1.807) is 24.3 Å². The fourth-order valence-electron chi connectivity index (χ4n) is 2.84. The average molecular weight is 499 g/mol. The van der Waals surface area contributed by atoms with Gasteiger partial charge in [-0.2, -0.15) is 0 Å². The first-order chi connectivity index (χ1) is 14.2. The van der Waals surface area contributed by atoms with Crippen LogP contribution in [0.25, 0.3) is 0 Å². The molecule has 3 aromatic carbocycles. The minimum atomic E-state index is -4.75. The molecule has 0 amide bonds. The zero-order valence-corrected chi connectivity index (χ0v) is 17.8. The van der Waals surface area contributed by atoms with Crippen molar-refractivity contribution in [3.8, 4) is 5.75 Å². The lowest BCUT2D eigenvalue weighted by molar-refractivity contribution is -0.274. The molecule has 30 heavy (non-hydrogen) atoms. The van der Waals surface area contributed by atoms with Crippen LogP contribution < -0.4 is 10.1 Å². The third kappa shape index (κ3) is 6.50. The van der Waals surface area contributed by atoms with Gasteiger partial charge in [-0.15, -0.1) is 13.2 Å². The third-order valence-corrected chi connectivity index (χ3v) is 5.04. The van der Waals surface area contributed by atoms with Crippen LogP contribution in [0, 0.1) is 0 Å². The Morgan fingerprint density at radius 3 is 2.13 bits per heavy atom. The fourth-order valence-corrected chi connectivity index (χ4v) is 3.23. The molecule has 1 N–H and O–H groups in total. The molecule has 3 aromatic rings. The van der Waals surface area contributed by atoms with Crippen molar-refractivity contribution in [2.75, 3.05) is 5.32 Å². The number of hydrogen-bond acceptors (Lipinski definition) is 3. The van der Waals surface area contributed by atoms with Crippen molar-refractivity contribution in [3.63, 3.8) is 0 Å². The second-order valence-electron chi connectivity index (χ2n) is 6.45. The summed E-state index contributed by atoms with van der Waals surface area (Å²) in [5.74, 6) is -0.408. The maximum Gasteiger partial charge on any atom is 0.573 e. The number of Topliss-reactive ketones (excluding diaryl/α,β-unsaturated/α-hetero) is 1. The summed E-state index contributed by atoms with van der Waals surface area (Å²) in [7, 11) is 0. The van der Waals surface area contributed by atoms with Crippen LogP contribution in [-0.2, 0) is 0 Å². The zero-order valence-electron chi connectivity index (χ0n) is 15.4. The smallest absolute Gasteiger partial charge is 0.406 e. The van der Waals surface area contributed by atoms with Crippen molar-refractivity contribution in [3.05, 3.63) is 93.4 Å². The van der Waals surface area contributed by atoms with E-state index >= 15 is 0 Å². The number of alkyl halides is 3. The van der Waals surface area contributed by atoms with E-state index in [-0.39, 0.29) is 18.0 Å². The van der Waals surface area contributed by atoms with Gasteiger partial charge in [0.2, 0.25) is 0 Å². The Morgan fingerprint density at radius 1 is 0.967 bits per heavy atom. The Bertz CT molecular complexity index is 991. The molecule has 0 saturated heterocycles. The number of ether oxygens (including phenoxy) is 1. The van der Waals surface area contributed by atoms with Crippen LogP contribution in [-0.4, -0.2) is 12.1 Å². The molecule has 0 radical (unpaired) electrons. The number of carbonyl (C=O) groups excluding carboxylic acids is 1. The second-order valence-corrected chi connectivity index (χ2v) is 7.81. The van der Waals surface area contributed by atoms with Gasteiger partial charge in [-0.05, 0) is 66.2 Å². The van der Waals surface area contributed by atoms with E-state index in [1.165, 1.54) is 24.3 Å². The zero-order chi connectivity index (χ0) is 21.7. The lowest BCUT2D eigenvalue weighted by Crippen LogP contribution is -2.17. The maximum absolute atomic E-state index is 12.8. The van der Waals surface area contributed by atoms with Crippen molar-refractivity contribution >= 4 is 39.0 Å². The van der Waals surface area contributed by atoms with E-state index in [0.29, 0.717) is 16.3 Å². The quantitative estimate of drug-likeness (QED) is 0.344. The molecule has 0 spiro atoms. The molecular formula is C22H16BrClF3NO2. The normalized spacial score (nSPS) is 12.3. The van der Waals surface area contributed by atoms with Gasteiger partial charge < -0.3 is 10.1 Å². The SMILES string of the molecule is O=C(C[C@H](Nc1ccc(OC(F)(F)F)cc1)c1ccc(Br)cc1)c1ccc(Cl)cc1. The summed E-state index contributed by atoms with van der Waals surface area (Å²) < 4.78 is 41.8. The highest BCUT2D eigenvalue weighted by molar-refractivity contribution is 9.10. The first-order valence-electron chi connectivity index (χ1n) is 8.86. The average Bonchev–Trinajstić information content (AvgIpc) is 2.69. The van der Waals surface area contributed by atoms with Crippen molar-refractivity contribution in [2.45, 2.75) is 18.8 Å². The van der Waals surface area contributed by atoms with E-state index in [0.717, 1.165) is 10.0 Å². The highest BCUT2D eigenvalue weighted by Gasteiger charge is 2.31. The number of rotatable bonds is 7. The summed E-state index contributed by atoms with van der Waals surface area (Å²) in [5, 5.41) is 3.76. The summed E-state index contributed by atoms with van der Waals surface area (Å²) in [6.45, 7) is 0. The van der Waals surface area contributed by atoms with Crippen LogP contribution in [0.2, 0.25) is 5.02 Å². The van der Waals surface area contributed by atoms with E-state index < -0.39 is 12.4 Å². The van der Waals surface area contributed by atoms with Gasteiger partial charge in [-0.25, -0.2) is 0 Å². The summed E-state index contributed by atoms with van der Waals surface area (Å²) in [6, 6.07) is 19.1. The van der Waals surface area contributed by atoms with Gasteiger partial charge in [0.15, 0.2) is 5.78 Å². The van der Waals surface area contributed by atoms with Crippen LogP contribution in [0.1, 0.15) is 28.4 Å². The van der Waals surface area contributed by atoms with Crippen LogP contribution in [0.15, 0.2) is 77.3 Å². The lowest BCUT2D eigenvalue weighted by Gasteiger charge is -2.20. The first-order valence-corrected chi connectivity index (χ1v) is 10.0. The van der Waals surface area contributed by atoms with Crippen molar-refractivity contribution in [2.24, 2.45) is 0 Å². The van der Waals surface area contributed by atoms with Crippen LogP contribution >= 0.6 is 27.5 Å². The lowest BCUT2D eigenvalue weighted by atomic mass is 9.97. The molecule has 8 heteroatoms. The number of anilines is 1. The summed E-state index contributed by atoms with van der Waals surface area (Å²) in [4.78, 5) is 12.8. The maximum atomic E-state index is 12.8. The Morgan fingerprint density at radius 2 is 1.57 bits per heavy atom. The molecule has 1 atom stereocenters. The fraction of sp³-hybridized carbons (Fsp3) is 0.136. The molecule has 0 saturated carbocycles. The molecule has 0 unspecified atom stereocenters. The van der Waals surface area contributed by atoms with Gasteiger partial charge in [0.25, 0.3) is 0 Å². The number of ketones is 1. The van der Waals surface area contributed by atoms with Crippen LogP contribution in [0.4, 0.5) is 18.9 Å². The monoisotopic (exact) mass is 497 g/mol. The third-order valence-electron chi connectivity index (χ3n) is 4.26. The van der Waals surface area contributed by atoms with Gasteiger partial charge in [0, 0.05) is 27.2 Å². The predicted octanol–water partition coefficient (Wildman–Crippen LogP) is 7.43. The van der Waals surface area contributed by atoms with Gasteiger partial charge in [0.1, 0.15) is 5.75 Å². The second kappa shape index (κ2) is 9.53. The number of hydrogen-bond donors (Lipinski definition) is 1. The molecule has 3 rings (SSSR count). The van der Waals surface area contributed by atoms with E-state index in [9.17, 15) is 18.0 Å². The molecule has 0 aliphatic rings. The molecule has 0 bridgehead atoms. The predicted molar refractivity (Wildman–Crippen MR) is 114 cm³/mol. The standard InChI is InChI=1S/C22H16BrClF3NO2/c23-16-5-1-14(2-6-16)20(13-21(29)15-3-7-17(24)8-4-15)28-18-9-11-19(12-10-18)30-22(25,26)27/h1-12,20,28H,13H2/t20-/m0/s1. The summed E-state index contributed by atoms with van der Waals surface area (Å²) in [6.07, 6.45) is -4.61. The summed E-state index contributed by atoms with van der Waals surface area (Å²) in [5.41, 5.74) is 1.94. The molecule has 0 aromatic heterocycles. The number of nitrogens with one attached hydrogen (secondary N) is 1. The van der Waals surface area contributed by atoms with Gasteiger partial charge in [-0.1, -0.05) is 39.7 Å². The molecule has 0 aliphatic heterocycles. The Kier molecular flexibility index (Phi) is 7.05. The Hall–Kier alpha value is -2.51. The van der Waals surface area contributed by atoms with Crippen molar-refractivity contribution in [1.29, 1.82) is 0 Å². The largest absolute Gasteiger partial charge is 0.573 e. The molecule has 3 nitrogen and oxygen atoms in total. The summed E-state index contributed by atoms with van der Waals surface area (Å²) >= 11 is 9.27. The molecule has 156 valence electrons. The minimum Gasteiger partial charge on any atom is -0.406 e. The number of carbonyl (C=O) groups is 1. The highest BCUT2D eigenvalue weighted by atomic mass is 79.9. The molecule has 0 aliphatic carbocycles. The van der Waals surface area contributed by atoms with Crippen LogP contribution in [0.3, 0.4) is 0 Å². The topological polar surface area (TPSA) is 38.3 Å². The van der Waals surface area contributed by atoms with E-state index in [4.69, 9.17) is 11.6 Å². The van der Waals surface area contributed by atoms with Gasteiger partial charge >= 0.3 is 6.36 Å². The van der Waals surface area contributed by atoms with Crippen molar-refractivity contribution in [1.82, 2.24) is 0 Å². The Balaban J connectivity index is 1.80. The Labute approximate surface area is 184 Å². The minimum absolute atomic E-state index is 0.0934. The number of halogens is 5. The molecule has 0 heterocycles. The highest BCUT2D eigenvalue weighted by Crippen LogP contribution is 2.29. The van der Waals surface area contributed by atoms with Crippen molar-refractivity contribution < 1.29 is 22.7 Å². The molecule has 0 fully saturated rings. The van der Waals surface area contributed by atoms with Gasteiger partial charge in [0.05, 0.1) is 6.04 Å².